The molecule has 1 aromatic rings. The van der Waals surface area contributed by atoms with Crippen molar-refractivity contribution in [2.75, 3.05) is 10.6 Å². The van der Waals surface area contributed by atoms with Gasteiger partial charge in [0.2, 0.25) is 5.95 Å². The number of hydrogen-bond donors (Lipinski definition) is 4. The molecule has 7 heteroatoms. The van der Waals surface area contributed by atoms with E-state index < -0.39 is 5.91 Å². The van der Waals surface area contributed by atoms with Gasteiger partial charge in [-0.3, -0.25) is 4.79 Å². The highest BCUT2D eigenvalue weighted by Gasteiger charge is 2.23. The van der Waals surface area contributed by atoms with E-state index in [0.29, 0.717) is 17.3 Å². The molecule has 24 heavy (non-hydrogen) atoms. The van der Waals surface area contributed by atoms with Crippen molar-refractivity contribution < 1.29 is 9.90 Å². The molecule has 1 aliphatic carbocycles. The van der Waals surface area contributed by atoms with E-state index in [-0.39, 0.29) is 17.7 Å². The van der Waals surface area contributed by atoms with Crippen LogP contribution in [0.15, 0.2) is 6.20 Å². The van der Waals surface area contributed by atoms with Crippen molar-refractivity contribution in [3.8, 4) is 0 Å². The predicted molar refractivity (Wildman–Crippen MR) is 95.0 cm³/mol. The van der Waals surface area contributed by atoms with Gasteiger partial charge in [0, 0.05) is 17.8 Å². The molecule has 1 aromatic heterocycles. The van der Waals surface area contributed by atoms with E-state index in [0.717, 1.165) is 38.5 Å². The van der Waals surface area contributed by atoms with Gasteiger partial charge in [0.05, 0.1) is 11.7 Å². The minimum atomic E-state index is -0.544. The van der Waals surface area contributed by atoms with E-state index in [9.17, 15) is 9.90 Å². The fourth-order valence-electron chi connectivity index (χ4n) is 3.14. The number of carbonyl (C=O) groups excluding carboxylic acids is 1. The lowest BCUT2D eigenvalue weighted by Gasteiger charge is -2.28. The molecule has 7 nitrogen and oxygen atoms in total. The summed E-state index contributed by atoms with van der Waals surface area (Å²) in [5.74, 6) is 0.405. The van der Waals surface area contributed by atoms with E-state index >= 15 is 0 Å². The minimum Gasteiger partial charge on any atom is -0.393 e. The van der Waals surface area contributed by atoms with Crippen molar-refractivity contribution in [1.29, 1.82) is 0 Å². The Hall–Kier alpha value is -1.89. The van der Waals surface area contributed by atoms with E-state index in [4.69, 9.17) is 5.73 Å². The zero-order valence-electron chi connectivity index (χ0n) is 14.8. The monoisotopic (exact) mass is 335 g/mol. The molecule has 1 aliphatic rings. The summed E-state index contributed by atoms with van der Waals surface area (Å²) in [6, 6.07) is 0.240. The number of aliphatic hydroxyl groups excluding tert-OH is 1. The zero-order chi connectivity index (χ0) is 17.7. The summed E-state index contributed by atoms with van der Waals surface area (Å²) in [5.41, 5.74) is 5.55. The number of rotatable bonds is 7. The molecule has 2 rings (SSSR count). The summed E-state index contributed by atoms with van der Waals surface area (Å²) in [7, 11) is 0. The first kappa shape index (κ1) is 18.4. The summed E-state index contributed by atoms with van der Waals surface area (Å²) in [6.07, 6.45) is 6.56. The van der Waals surface area contributed by atoms with Gasteiger partial charge in [0.15, 0.2) is 0 Å². The lowest BCUT2D eigenvalue weighted by atomic mass is 9.93. The van der Waals surface area contributed by atoms with E-state index in [1.54, 1.807) is 0 Å². The third-order valence-corrected chi connectivity index (χ3v) is 4.42. The lowest BCUT2D eigenvalue weighted by Crippen LogP contribution is -2.33. The largest absolute Gasteiger partial charge is 0.393 e. The average molecular weight is 335 g/mol. The molecular weight excluding hydrogens is 306 g/mol. The molecule has 1 heterocycles. The standard InChI is InChI=1S/C17H29N5O2/c1-4-9-17(2,3)22-15-13(14(18)24)10-19-16(21-15)20-11-5-7-12(23)8-6-11/h10-12,23H,4-9H2,1-3H3,(H2,18,24)(H2,19,20,21,22). The minimum absolute atomic E-state index is 0.195. The van der Waals surface area contributed by atoms with Crippen LogP contribution in [-0.4, -0.2) is 38.7 Å². The number of nitrogens with zero attached hydrogens (tertiary/aromatic N) is 2. The number of amides is 1. The first-order valence-electron chi connectivity index (χ1n) is 8.70. The van der Waals surface area contributed by atoms with Crippen LogP contribution in [0.2, 0.25) is 0 Å². The maximum atomic E-state index is 11.7. The summed E-state index contributed by atoms with van der Waals surface area (Å²) >= 11 is 0. The van der Waals surface area contributed by atoms with Crippen molar-refractivity contribution in [3.05, 3.63) is 11.8 Å². The fourth-order valence-corrected chi connectivity index (χ4v) is 3.14. The van der Waals surface area contributed by atoms with Crippen molar-refractivity contribution in [2.24, 2.45) is 5.73 Å². The molecule has 0 saturated heterocycles. The Kier molecular flexibility index (Phi) is 5.99. The topological polar surface area (TPSA) is 113 Å². The SMILES string of the molecule is CCCC(C)(C)Nc1nc(NC2CCC(O)CC2)ncc1C(N)=O. The first-order valence-corrected chi connectivity index (χ1v) is 8.70. The normalized spacial score (nSPS) is 21.3. The molecule has 0 atom stereocenters. The average Bonchev–Trinajstić information content (AvgIpc) is 2.49. The maximum Gasteiger partial charge on any atom is 0.254 e. The van der Waals surface area contributed by atoms with Crippen molar-refractivity contribution in [1.82, 2.24) is 9.97 Å². The molecule has 0 aromatic carbocycles. The van der Waals surface area contributed by atoms with Crippen molar-refractivity contribution >= 4 is 17.7 Å². The van der Waals surface area contributed by atoms with Gasteiger partial charge in [-0.1, -0.05) is 13.3 Å². The van der Waals surface area contributed by atoms with E-state index in [2.05, 4.69) is 41.4 Å². The van der Waals surface area contributed by atoms with Crippen LogP contribution >= 0.6 is 0 Å². The number of primary amides is 1. The lowest BCUT2D eigenvalue weighted by molar-refractivity contribution is 0.1000. The summed E-state index contributed by atoms with van der Waals surface area (Å²) in [6.45, 7) is 6.25. The molecule has 1 saturated carbocycles. The molecule has 0 aliphatic heterocycles. The van der Waals surface area contributed by atoms with Crippen molar-refractivity contribution in [2.45, 2.75) is 77.0 Å². The van der Waals surface area contributed by atoms with Gasteiger partial charge in [-0.25, -0.2) is 4.98 Å². The van der Waals surface area contributed by atoms with Crippen LogP contribution in [0.25, 0.3) is 0 Å². The quantitative estimate of drug-likeness (QED) is 0.608. The van der Waals surface area contributed by atoms with Gasteiger partial charge < -0.3 is 21.5 Å². The number of carbonyl (C=O) groups is 1. The fraction of sp³-hybridized carbons (Fsp3) is 0.706. The molecule has 1 fully saturated rings. The molecule has 1 amide bonds. The Labute approximate surface area is 143 Å². The van der Waals surface area contributed by atoms with Crippen LogP contribution < -0.4 is 16.4 Å². The van der Waals surface area contributed by atoms with Gasteiger partial charge in [0.1, 0.15) is 5.82 Å². The van der Waals surface area contributed by atoms with Gasteiger partial charge in [-0.05, 0) is 46.0 Å². The zero-order valence-corrected chi connectivity index (χ0v) is 14.8. The third kappa shape index (κ3) is 5.06. The molecule has 5 N–H and O–H groups in total. The highest BCUT2D eigenvalue weighted by molar-refractivity contribution is 5.97. The number of anilines is 2. The number of aliphatic hydroxyl groups is 1. The van der Waals surface area contributed by atoms with Gasteiger partial charge >= 0.3 is 0 Å². The summed E-state index contributed by atoms with van der Waals surface area (Å²) < 4.78 is 0. The van der Waals surface area contributed by atoms with Crippen LogP contribution in [-0.2, 0) is 0 Å². The van der Waals surface area contributed by atoms with Gasteiger partial charge in [-0.15, -0.1) is 0 Å². The van der Waals surface area contributed by atoms with Crippen LogP contribution in [0.4, 0.5) is 11.8 Å². The number of hydrogen-bond acceptors (Lipinski definition) is 6. The molecule has 0 bridgehead atoms. The predicted octanol–water partition coefficient (Wildman–Crippen LogP) is 2.28. The Balaban J connectivity index is 2.16. The smallest absolute Gasteiger partial charge is 0.254 e. The molecule has 0 radical (unpaired) electrons. The molecule has 0 spiro atoms. The van der Waals surface area contributed by atoms with E-state index in [1.807, 2.05) is 0 Å². The first-order chi connectivity index (χ1) is 11.3. The van der Waals surface area contributed by atoms with Crippen LogP contribution in [0.3, 0.4) is 0 Å². The highest BCUT2D eigenvalue weighted by Crippen LogP contribution is 2.24. The van der Waals surface area contributed by atoms with Gasteiger partial charge in [-0.2, -0.15) is 4.98 Å². The second kappa shape index (κ2) is 7.79. The Morgan fingerprint density at radius 3 is 2.62 bits per heavy atom. The van der Waals surface area contributed by atoms with Gasteiger partial charge in [0.25, 0.3) is 5.91 Å². The van der Waals surface area contributed by atoms with Crippen LogP contribution in [0, 0.1) is 0 Å². The third-order valence-electron chi connectivity index (χ3n) is 4.42. The van der Waals surface area contributed by atoms with E-state index in [1.165, 1.54) is 6.20 Å². The van der Waals surface area contributed by atoms with Crippen LogP contribution in [0.5, 0.6) is 0 Å². The Morgan fingerprint density at radius 2 is 2.04 bits per heavy atom. The number of aromatic nitrogens is 2. The number of nitrogens with one attached hydrogen (secondary N) is 2. The Morgan fingerprint density at radius 1 is 1.38 bits per heavy atom. The molecule has 134 valence electrons. The maximum absolute atomic E-state index is 11.7. The molecule has 0 unspecified atom stereocenters. The second-order valence-electron chi connectivity index (χ2n) is 7.23. The second-order valence-corrected chi connectivity index (χ2v) is 7.23. The Bertz CT molecular complexity index is 568. The summed E-state index contributed by atoms with van der Waals surface area (Å²) in [5, 5.41) is 16.2. The number of nitrogens with two attached hydrogens (primary N) is 1. The summed E-state index contributed by atoms with van der Waals surface area (Å²) in [4.78, 5) is 20.4. The highest BCUT2D eigenvalue weighted by atomic mass is 16.3. The van der Waals surface area contributed by atoms with Crippen molar-refractivity contribution in [3.63, 3.8) is 0 Å². The van der Waals surface area contributed by atoms with Crippen LogP contribution in [0.1, 0.15) is 69.7 Å². The molecular formula is C17H29N5O2.